The Kier molecular flexibility index (Phi) is 3.87. The van der Waals surface area contributed by atoms with Gasteiger partial charge in [-0.05, 0) is 31.6 Å². The van der Waals surface area contributed by atoms with Crippen LogP contribution in [0.4, 0.5) is 0 Å². The molecule has 0 atom stereocenters. The maximum atomic E-state index is 12.2. The minimum absolute atomic E-state index is 0.0343. The molecule has 1 saturated carbocycles. The monoisotopic (exact) mass is 328 g/mol. The van der Waals surface area contributed by atoms with E-state index in [0.717, 1.165) is 31.4 Å². The van der Waals surface area contributed by atoms with Crippen LogP contribution in [0.25, 0.3) is 0 Å². The highest BCUT2D eigenvalue weighted by atomic mass is 16.2. The molecule has 2 aromatic heterocycles. The van der Waals surface area contributed by atoms with E-state index in [1.807, 2.05) is 0 Å². The van der Waals surface area contributed by atoms with Gasteiger partial charge in [0.05, 0.1) is 12.0 Å². The molecule has 1 N–H and O–H groups in total. The van der Waals surface area contributed by atoms with Crippen LogP contribution in [0, 0.1) is 5.92 Å². The fourth-order valence-corrected chi connectivity index (χ4v) is 3.23. The molecule has 3 heterocycles. The van der Waals surface area contributed by atoms with Crippen molar-refractivity contribution in [1.82, 2.24) is 29.6 Å². The smallest absolute Gasteiger partial charge is 0.291 e. The van der Waals surface area contributed by atoms with Crippen molar-refractivity contribution >= 4 is 5.91 Å². The van der Waals surface area contributed by atoms with Gasteiger partial charge in [-0.3, -0.25) is 19.3 Å². The maximum absolute atomic E-state index is 12.2. The fraction of sp³-hybridized carbons (Fsp3) is 0.562. The lowest BCUT2D eigenvalue weighted by Gasteiger charge is -2.31. The molecule has 0 aromatic carbocycles. The molecular weight excluding hydrogens is 308 g/mol. The highest BCUT2D eigenvalue weighted by Gasteiger charge is 2.27. The van der Waals surface area contributed by atoms with Crippen molar-refractivity contribution in [1.29, 1.82) is 0 Å². The summed E-state index contributed by atoms with van der Waals surface area (Å²) in [5.74, 6) is 1.05. The number of rotatable bonds is 4. The van der Waals surface area contributed by atoms with Crippen molar-refractivity contribution in [2.24, 2.45) is 5.92 Å². The van der Waals surface area contributed by atoms with Crippen LogP contribution in [-0.2, 0) is 6.54 Å². The largest absolute Gasteiger partial charge is 0.336 e. The highest BCUT2D eigenvalue weighted by molar-refractivity contribution is 5.90. The molecule has 1 saturated heterocycles. The van der Waals surface area contributed by atoms with E-state index in [4.69, 9.17) is 0 Å². The summed E-state index contributed by atoms with van der Waals surface area (Å²) in [6.45, 7) is 2.01. The Morgan fingerprint density at radius 1 is 1.21 bits per heavy atom. The first-order valence-electron chi connectivity index (χ1n) is 8.42. The summed E-state index contributed by atoms with van der Waals surface area (Å²) in [5.41, 5.74) is 0.968. The number of nitrogens with one attached hydrogen (secondary N) is 1. The van der Waals surface area contributed by atoms with Crippen LogP contribution in [0.2, 0.25) is 0 Å². The Morgan fingerprint density at radius 2 is 2.00 bits per heavy atom. The van der Waals surface area contributed by atoms with Crippen molar-refractivity contribution < 1.29 is 4.79 Å². The molecule has 2 aliphatic rings. The van der Waals surface area contributed by atoms with E-state index >= 15 is 0 Å². The zero-order valence-corrected chi connectivity index (χ0v) is 13.4. The third-order valence-electron chi connectivity index (χ3n) is 4.87. The van der Waals surface area contributed by atoms with Crippen LogP contribution in [-0.4, -0.2) is 48.6 Å². The molecule has 0 unspecified atom stereocenters. The van der Waals surface area contributed by atoms with Gasteiger partial charge in [0.15, 0.2) is 0 Å². The van der Waals surface area contributed by atoms with Crippen LogP contribution in [0.1, 0.15) is 47.9 Å². The van der Waals surface area contributed by atoms with Crippen molar-refractivity contribution in [3.8, 4) is 0 Å². The van der Waals surface area contributed by atoms with E-state index in [-0.39, 0.29) is 17.3 Å². The number of nitrogens with zero attached hydrogens (tertiary/aromatic N) is 5. The molecular formula is C16H20N6O2. The summed E-state index contributed by atoms with van der Waals surface area (Å²) in [6, 6.07) is 1.68. The van der Waals surface area contributed by atoms with Crippen LogP contribution < -0.4 is 5.56 Å². The number of carbonyl (C=O) groups excluding carboxylic acids is 1. The Labute approximate surface area is 138 Å². The molecule has 24 heavy (non-hydrogen) atoms. The van der Waals surface area contributed by atoms with Gasteiger partial charge in [-0.15, -0.1) is 0 Å². The quantitative estimate of drug-likeness (QED) is 0.895. The second kappa shape index (κ2) is 6.18. The van der Waals surface area contributed by atoms with Crippen molar-refractivity contribution in [2.45, 2.75) is 38.1 Å². The Balaban J connectivity index is 1.35. The van der Waals surface area contributed by atoms with Crippen LogP contribution in [0.5, 0.6) is 0 Å². The number of hydrogen-bond acceptors (Lipinski definition) is 5. The first kappa shape index (κ1) is 15.0. The molecule has 2 fully saturated rings. The number of aromatic nitrogens is 5. The lowest BCUT2D eigenvalue weighted by molar-refractivity contribution is 0.0670. The van der Waals surface area contributed by atoms with Gasteiger partial charge in [0.2, 0.25) is 5.82 Å². The minimum Gasteiger partial charge on any atom is -0.336 e. The molecule has 0 bridgehead atoms. The lowest BCUT2D eigenvalue weighted by Crippen LogP contribution is -2.40. The van der Waals surface area contributed by atoms with Gasteiger partial charge in [0, 0.05) is 31.6 Å². The van der Waals surface area contributed by atoms with Crippen LogP contribution >= 0.6 is 0 Å². The van der Waals surface area contributed by atoms with E-state index in [0.29, 0.717) is 31.5 Å². The SMILES string of the molecule is O=C(c1ncn[nH]1)N1CCC(Cn2cnc(C3CC3)cc2=O)CC1. The minimum atomic E-state index is -0.112. The maximum Gasteiger partial charge on any atom is 0.291 e. The summed E-state index contributed by atoms with van der Waals surface area (Å²) < 4.78 is 1.70. The van der Waals surface area contributed by atoms with E-state index in [2.05, 4.69) is 20.2 Å². The summed E-state index contributed by atoms with van der Waals surface area (Å²) >= 11 is 0. The molecule has 2 aromatic rings. The number of aromatic amines is 1. The number of hydrogen-bond donors (Lipinski definition) is 1. The second-order valence-corrected chi connectivity index (χ2v) is 6.65. The Bertz CT molecular complexity index is 772. The van der Waals surface area contributed by atoms with Gasteiger partial charge >= 0.3 is 0 Å². The van der Waals surface area contributed by atoms with E-state index in [1.165, 1.54) is 6.33 Å². The second-order valence-electron chi connectivity index (χ2n) is 6.65. The summed E-state index contributed by atoms with van der Waals surface area (Å²) in [7, 11) is 0. The van der Waals surface area contributed by atoms with Gasteiger partial charge in [0.1, 0.15) is 6.33 Å². The van der Waals surface area contributed by atoms with Crippen LogP contribution in [0.3, 0.4) is 0 Å². The zero-order valence-electron chi connectivity index (χ0n) is 13.4. The normalized spacial score (nSPS) is 18.8. The molecule has 4 rings (SSSR count). The van der Waals surface area contributed by atoms with E-state index in [1.54, 1.807) is 21.9 Å². The van der Waals surface area contributed by atoms with E-state index < -0.39 is 0 Å². The molecule has 8 heteroatoms. The van der Waals surface area contributed by atoms with Gasteiger partial charge in [-0.25, -0.2) is 9.97 Å². The molecule has 1 aliphatic carbocycles. The molecule has 0 spiro atoms. The number of H-pyrrole nitrogens is 1. The predicted molar refractivity (Wildman–Crippen MR) is 85.5 cm³/mol. The molecule has 126 valence electrons. The van der Waals surface area contributed by atoms with Crippen molar-refractivity contribution in [2.75, 3.05) is 13.1 Å². The third-order valence-corrected chi connectivity index (χ3v) is 4.87. The predicted octanol–water partition coefficient (Wildman–Crippen LogP) is 0.791. The van der Waals surface area contributed by atoms with Crippen LogP contribution in [0.15, 0.2) is 23.5 Å². The van der Waals surface area contributed by atoms with Gasteiger partial charge in [0.25, 0.3) is 11.5 Å². The van der Waals surface area contributed by atoms with Gasteiger partial charge in [-0.1, -0.05) is 0 Å². The number of piperidine rings is 1. The standard InChI is InChI=1S/C16H20N6O2/c23-14-7-13(12-1-2-12)18-10-22(14)8-11-3-5-21(6-4-11)16(24)15-17-9-19-20-15/h7,9-12H,1-6,8H2,(H,17,19,20). The summed E-state index contributed by atoms with van der Waals surface area (Å²) in [4.78, 5) is 34.5. The topological polar surface area (TPSA) is 96.8 Å². The lowest BCUT2D eigenvalue weighted by atomic mass is 9.96. The van der Waals surface area contributed by atoms with E-state index in [9.17, 15) is 9.59 Å². The Morgan fingerprint density at radius 3 is 2.62 bits per heavy atom. The summed E-state index contributed by atoms with van der Waals surface area (Å²) in [5, 5.41) is 6.32. The first-order valence-corrected chi connectivity index (χ1v) is 8.42. The fourth-order valence-electron chi connectivity index (χ4n) is 3.23. The molecule has 0 radical (unpaired) electrons. The van der Waals surface area contributed by atoms with Gasteiger partial charge < -0.3 is 4.90 Å². The van der Waals surface area contributed by atoms with Crippen molar-refractivity contribution in [3.63, 3.8) is 0 Å². The average molecular weight is 328 g/mol. The Hall–Kier alpha value is -2.51. The third kappa shape index (κ3) is 3.08. The number of amides is 1. The van der Waals surface area contributed by atoms with Gasteiger partial charge in [-0.2, -0.15) is 5.10 Å². The zero-order chi connectivity index (χ0) is 16.5. The molecule has 1 amide bonds. The first-order chi connectivity index (χ1) is 11.7. The highest BCUT2D eigenvalue weighted by Crippen LogP contribution is 2.38. The average Bonchev–Trinajstić information content (AvgIpc) is 3.31. The molecule has 1 aliphatic heterocycles. The van der Waals surface area contributed by atoms with Crippen molar-refractivity contribution in [3.05, 3.63) is 40.6 Å². The molecule has 8 nitrogen and oxygen atoms in total. The summed E-state index contributed by atoms with van der Waals surface area (Å²) in [6.07, 6.45) is 7.06. The number of likely N-dealkylation sites (tertiary alicyclic amines) is 1. The number of carbonyl (C=O) groups is 1.